The molecule has 19 heavy (non-hydrogen) atoms. The molecule has 0 fully saturated rings. The Hall–Kier alpha value is -1.62. The van der Waals surface area contributed by atoms with Crippen molar-refractivity contribution in [3.8, 4) is 0 Å². The van der Waals surface area contributed by atoms with Gasteiger partial charge in [0.25, 0.3) is 5.69 Å². The molecule has 106 valence electrons. The number of anilines is 1. The summed E-state index contributed by atoms with van der Waals surface area (Å²) in [6.07, 6.45) is 0. The maximum absolute atomic E-state index is 10.9. The van der Waals surface area contributed by atoms with E-state index in [0.29, 0.717) is 24.3 Å². The molecule has 0 saturated heterocycles. The van der Waals surface area contributed by atoms with Crippen LogP contribution in [0.2, 0.25) is 0 Å². The van der Waals surface area contributed by atoms with Crippen LogP contribution in [0.3, 0.4) is 0 Å². The predicted molar refractivity (Wildman–Crippen MR) is 78.6 cm³/mol. The molecule has 0 heterocycles. The van der Waals surface area contributed by atoms with Crippen LogP contribution in [0, 0.1) is 10.1 Å². The molecule has 1 aromatic rings. The van der Waals surface area contributed by atoms with Gasteiger partial charge in [-0.2, -0.15) is 0 Å². The lowest BCUT2D eigenvalue weighted by Crippen LogP contribution is -2.40. The lowest BCUT2D eigenvalue weighted by atomic mass is 10.2. The van der Waals surface area contributed by atoms with E-state index >= 15 is 0 Å². The Bertz CT molecular complexity index is 411. The van der Waals surface area contributed by atoms with Crippen molar-refractivity contribution in [2.24, 2.45) is 0 Å². The number of nitro benzene ring substituents is 1. The van der Waals surface area contributed by atoms with Gasteiger partial charge >= 0.3 is 0 Å². The van der Waals surface area contributed by atoms with Crippen LogP contribution in [0.15, 0.2) is 24.3 Å². The minimum Gasteiger partial charge on any atom is -0.378 e. The van der Waals surface area contributed by atoms with Gasteiger partial charge in [0.05, 0.1) is 4.92 Å². The van der Waals surface area contributed by atoms with Crippen molar-refractivity contribution in [3.63, 3.8) is 0 Å². The number of rotatable bonds is 7. The van der Waals surface area contributed by atoms with Gasteiger partial charge < -0.3 is 5.32 Å². The highest BCUT2D eigenvalue weighted by atomic mass is 16.6. The van der Waals surface area contributed by atoms with E-state index in [4.69, 9.17) is 0 Å². The summed E-state index contributed by atoms with van der Waals surface area (Å²) in [5.74, 6) is 0. The third-order valence-electron chi connectivity index (χ3n) is 3.11. The highest BCUT2D eigenvalue weighted by molar-refractivity contribution is 5.60. The highest BCUT2D eigenvalue weighted by Crippen LogP contribution is 2.22. The summed E-state index contributed by atoms with van der Waals surface area (Å²) in [6.45, 7) is 10.2. The second-order valence-electron chi connectivity index (χ2n) is 5.13. The summed E-state index contributed by atoms with van der Waals surface area (Å²) < 4.78 is 0. The molecule has 0 unspecified atom stereocenters. The zero-order valence-corrected chi connectivity index (χ0v) is 12.1. The summed E-state index contributed by atoms with van der Waals surface area (Å²) in [6, 6.07) is 7.67. The average molecular weight is 265 g/mol. The zero-order chi connectivity index (χ0) is 14.4. The van der Waals surface area contributed by atoms with Crippen LogP contribution >= 0.6 is 0 Å². The minimum atomic E-state index is -0.356. The third kappa shape index (κ3) is 4.52. The lowest BCUT2D eigenvalue weighted by molar-refractivity contribution is -0.384. The van der Waals surface area contributed by atoms with E-state index in [9.17, 15) is 10.1 Å². The van der Waals surface area contributed by atoms with Crippen LogP contribution in [0.5, 0.6) is 0 Å². The van der Waals surface area contributed by atoms with E-state index in [1.807, 2.05) is 0 Å². The summed E-state index contributed by atoms with van der Waals surface area (Å²) in [7, 11) is 0. The lowest BCUT2D eigenvalue weighted by Gasteiger charge is -2.30. The van der Waals surface area contributed by atoms with Crippen molar-refractivity contribution in [3.05, 3.63) is 34.4 Å². The Morgan fingerprint density at radius 1 is 1.21 bits per heavy atom. The Morgan fingerprint density at radius 3 is 2.32 bits per heavy atom. The van der Waals surface area contributed by atoms with Gasteiger partial charge in [0.15, 0.2) is 0 Å². The normalized spacial score (nSPS) is 11.3. The molecule has 0 amide bonds. The Labute approximate surface area is 114 Å². The van der Waals surface area contributed by atoms with Crippen molar-refractivity contribution in [1.29, 1.82) is 0 Å². The number of para-hydroxylation sites is 2. The second-order valence-corrected chi connectivity index (χ2v) is 5.13. The molecule has 0 bridgehead atoms. The average Bonchev–Trinajstić information content (AvgIpc) is 2.33. The van der Waals surface area contributed by atoms with Gasteiger partial charge in [-0.25, -0.2) is 0 Å². The molecule has 0 aliphatic rings. The Morgan fingerprint density at radius 2 is 1.79 bits per heavy atom. The van der Waals surface area contributed by atoms with E-state index in [2.05, 4.69) is 37.9 Å². The standard InChI is InChI=1S/C14H23N3O2/c1-11(2)16(12(3)4)10-9-15-13-7-5-6-8-14(13)17(18)19/h5-8,11-12,15H,9-10H2,1-4H3. The van der Waals surface area contributed by atoms with Gasteiger partial charge in [-0.15, -0.1) is 0 Å². The van der Waals surface area contributed by atoms with Crippen molar-refractivity contribution in [2.45, 2.75) is 39.8 Å². The van der Waals surface area contributed by atoms with E-state index in [0.717, 1.165) is 6.54 Å². The van der Waals surface area contributed by atoms with Gasteiger partial charge in [0.1, 0.15) is 5.69 Å². The summed E-state index contributed by atoms with van der Waals surface area (Å²) >= 11 is 0. The number of nitro groups is 1. The SMILES string of the molecule is CC(C)N(CCNc1ccccc1[N+](=O)[O-])C(C)C. The van der Waals surface area contributed by atoms with Gasteiger partial charge in [-0.05, 0) is 33.8 Å². The van der Waals surface area contributed by atoms with Crippen molar-refractivity contribution < 1.29 is 4.92 Å². The molecule has 1 rings (SSSR count). The van der Waals surface area contributed by atoms with Gasteiger partial charge in [-0.3, -0.25) is 15.0 Å². The molecule has 0 saturated carbocycles. The first-order valence-electron chi connectivity index (χ1n) is 6.66. The maximum Gasteiger partial charge on any atom is 0.292 e. The molecule has 1 aromatic carbocycles. The molecule has 1 N–H and O–H groups in total. The van der Waals surface area contributed by atoms with Crippen molar-refractivity contribution >= 4 is 11.4 Å². The highest BCUT2D eigenvalue weighted by Gasteiger charge is 2.14. The Kier molecular flexibility index (Phi) is 5.76. The summed E-state index contributed by atoms with van der Waals surface area (Å²) in [4.78, 5) is 12.9. The molecule has 0 aromatic heterocycles. The number of hydrogen-bond donors (Lipinski definition) is 1. The van der Waals surface area contributed by atoms with Crippen LogP contribution in [0.25, 0.3) is 0 Å². The van der Waals surface area contributed by atoms with Crippen molar-refractivity contribution in [2.75, 3.05) is 18.4 Å². The monoisotopic (exact) mass is 265 g/mol. The smallest absolute Gasteiger partial charge is 0.292 e. The molecule has 0 aliphatic carbocycles. The number of nitrogens with one attached hydrogen (secondary N) is 1. The van der Waals surface area contributed by atoms with E-state index < -0.39 is 0 Å². The molecule has 5 heteroatoms. The quantitative estimate of drug-likeness (QED) is 0.608. The number of hydrogen-bond acceptors (Lipinski definition) is 4. The molecular formula is C14H23N3O2. The van der Waals surface area contributed by atoms with Gasteiger partial charge in [0, 0.05) is 31.2 Å². The first kappa shape index (κ1) is 15.4. The van der Waals surface area contributed by atoms with E-state index in [1.54, 1.807) is 18.2 Å². The fourth-order valence-corrected chi connectivity index (χ4v) is 2.21. The van der Waals surface area contributed by atoms with Crippen LogP contribution in [0.4, 0.5) is 11.4 Å². The maximum atomic E-state index is 10.9. The molecule has 0 radical (unpaired) electrons. The number of benzene rings is 1. The minimum absolute atomic E-state index is 0.128. The molecule has 0 atom stereocenters. The number of nitrogens with zero attached hydrogens (tertiary/aromatic N) is 2. The van der Waals surface area contributed by atoms with Crippen LogP contribution in [-0.4, -0.2) is 35.0 Å². The Balaban J connectivity index is 2.60. The fourth-order valence-electron chi connectivity index (χ4n) is 2.21. The fraction of sp³-hybridized carbons (Fsp3) is 0.571. The predicted octanol–water partition coefficient (Wildman–Crippen LogP) is 3.13. The summed E-state index contributed by atoms with van der Waals surface area (Å²) in [5, 5.41) is 14.0. The first-order chi connectivity index (χ1) is 8.93. The van der Waals surface area contributed by atoms with Gasteiger partial charge in [0.2, 0.25) is 0 Å². The van der Waals surface area contributed by atoms with Crippen LogP contribution < -0.4 is 5.32 Å². The molecule has 0 aliphatic heterocycles. The van der Waals surface area contributed by atoms with Crippen LogP contribution in [-0.2, 0) is 0 Å². The summed E-state index contributed by atoms with van der Waals surface area (Å²) in [5.41, 5.74) is 0.711. The largest absolute Gasteiger partial charge is 0.378 e. The van der Waals surface area contributed by atoms with Crippen molar-refractivity contribution in [1.82, 2.24) is 4.90 Å². The molecular weight excluding hydrogens is 242 g/mol. The van der Waals surface area contributed by atoms with Gasteiger partial charge in [-0.1, -0.05) is 12.1 Å². The third-order valence-corrected chi connectivity index (χ3v) is 3.11. The second kappa shape index (κ2) is 7.09. The molecule has 5 nitrogen and oxygen atoms in total. The first-order valence-corrected chi connectivity index (χ1v) is 6.66. The van der Waals surface area contributed by atoms with E-state index in [1.165, 1.54) is 6.07 Å². The topological polar surface area (TPSA) is 58.4 Å². The molecule has 0 spiro atoms. The van der Waals surface area contributed by atoms with E-state index in [-0.39, 0.29) is 10.6 Å². The van der Waals surface area contributed by atoms with Crippen LogP contribution in [0.1, 0.15) is 27.7 Å². The zero-order valence-electron chi connectivity index (χ0n) is 12.1.